The number of benzene rings is 1. The highest BCUT2D eigenvalue weighted by Gasteiger charge is 2.43. The maximum absolute atomic E-state index is 10.2. The summed E-state index contributed by atoms with van der Waals surface area (Å²) in [6, 6.07) is 9.78. The van der Waals surface area contributed by atoms with E-state index >= 15 is 0 Å². The minimum absolute atomic E-state index is 0.0979. The van der Waals surface area contributed by atoms with E-state index in [9.17, 15) is 5.11 Å². The van der Waals surface area contributed by atoms with Crippen LogP contribution in [0.25, 0.3) is 0 Å². The van der Waals surface area contributed by atoms with Gasteiger partial charge in [0.1, 0.15) is 12.2 Å². The van der Waals surface area contributed by atoms with Gasteiger partial charge in [-0.25, -0.2) is 0 Å². The lowest BCUT2D eigenvalue weighted by Crippen LogP contribution is -2.55. The first-order chi connectivity index (χ1) is 8.75. The summed E-state index contributed by atoms with van der Waals surface area (Å²) < 4.78 is 17.2. The maximum Gasteiger partial charge on any atom is 0.184 e. The van der Waals surface area contributed by atoms with E-state index in [2.05, 4.69) is 0 Å². The molecule has 4 nitrogen and oxygen atoms in total. The number of aliphatic hydroxyl groups is 1. The summed E-state index contributed by atoms with van der Waals surface area (Å²) in [6.07, 6.45) is -1.35. The van der Waals surface area contributed by atoms with E-state index in [1.165, 1.54) is 0 Å². The van der Waals surface area contributed by atoms with Crippen LogP contribution in [0.15, 0.2) is 30.3 Å². The van der Waals surface area contributed by atoms with Crippen LogP contribution in [0, 0.1) is 5.92 Å². The predicted octanol–water partition coefficient (Wildman–Crippen LogP) is 1.50. The highest BCUT2D eigenvalue weighted by molar-refractivity contribution is 5.16. The third-order valence-corrected chi connectivity index (χ3v) is 3.62. The van der Waals surface area contributed by atoms with Gasteiger partial charge in [0.25, 0.3) is 0 Å². The fourth-order valence-electron chi connectivity index (χ4n) is 2.47. The number of hydrogen-bond donors (Lipinski definition) is 1. The van der Waals surface area contributed by atoms with Crippen molar-refractivity contribution in [2.24, 2.45) is 5.92 Å². The van der Waals surface area contributed by atoms with Gasteiger partial charge in [0, 0.05) is 11.5 Å². The van der Waals surface area contributed by atoms with Gasteiger partial charge in [-0.2, -0.15) is 0 Å². The van der Waals surface area contributed by atoms with Crippen LogP contribution in [-0.2, 0) is 14.2 Å². The highest BCUT2D eigenvalue weighted by atomic mass is 16.7. The van der Waals surface area contributed by atoms with E-state index in [0.717, 1.165) is 5.56 Å². The van der Waals surface area contributed by atoms with Crippen molar-refractivity contribution in [1.29, 1.82) is 0 Å². The first-order valence-electron chi connectivity index (χ1n) is 6.37. The summed E-state index contributed by atoms with van der Waals surface area (Å²) in [5.74, 6) is 0.0979. The molecular formula is C14H18O4. The van der Waals surface area contributed by atoms with Gasteiger partial charge < -0.3 is 19.3 Å². The number of hydrogen-bond acceptors (Lipinski definition) is 4. The SMILES string of the molecule is CC1COC2COC(c3ccccc3)OC2[C@@H]1O. The van der Waals surface area contributed by atoms with E-state index < -0.39 is 12.4 Å². The molecule has 0 saturated carbocycles. The molecule has 98 valence electrons. The largest absolute Gasteiger partial charge is 0.390 e. The van der Waals surface area contributed by atoms with Crippen molar-refractivity contribution in [3.8, 4) is 0 Å². The molecule has 4 unspecified atom stereocenters. The zero-order valence-electron chi connectivity index (χ0n) is 10.4. The molecule has 0 amide bonds. The highest BCUT2D eigenvalue weighted by Crippen LogP contribution is 2.33. The zero-order chi connectivity index (χ0) is 12.5. The molecule has 1 N–H and O–H groups in total. The summed E-state index contributed by atoms with van der Waals surface area (Å²) in [5, 5.41) is 10.2. The predicted molar refractivity (Wildman–Crippen MR) is 64.9 cm³/mol. The van der Waals surface area contributed by atoms with E-state index in [-0.39, 0.29) is 18.1 Å². The molecular weight excluding hydrogens is 232 g/mol. The van der Waals surface area contributed by atoms with Gasteiger partial charge in [0.05, 0.1) is 19.3 Å². The van der Waals surface area contributed by atoms with Gasteiger partial charge in [0.2, 0.25) is 0 Å². The van der Waals surface area contributed by atoms with Crippen molar-refractivity contribution in [1.82, 2.24) is 0 Å². The van der Waals surface area contributed by atoms with Crippen LogP contribution in [0.5, 0.6) is 0 Å². The van der Waals surface area contributed by atoms with Crippen LogP contribution < -0.4 is 0 Å². The second kappa shape index (κ2) is 4.97. The average Bonchev–Trinajstić information content (AvgIpc) is 2.44. The molecule has 5 atom stereocenters. The average molecular weight is 250 g/mol. The lowest BCUT2D eigenvalue weighted by molar-refractivity contribution is -0.307. The van der Waals surface area contributed by atoms with E-state index in [1.807, 2.05) is 37.3 Å². The number of ether oxygens (including phenoxy) is 3. The summed E-state index contributed by atoms with van der Waals surface area (Å²) in [7, 11) is 0. The topological polar surface area (TPSA) is 47.9 Å². The molecule has 0 bridgehead atoms. The standard InChI is InChI=1S/C14H18O4/c1-9-7-16-11-8-17-14(18-13(11)12(9)15)10-5-3-2-4-6-10/h2-6,9,11-15H,7-8H2,1H3/t9?,11?,12-,13?,14?/m1/s1. The normalized spacial score (nSPS) is 40.2. The van der Waals surface area contributed by atoms with E-state index in [1.54, 1.807) is 0 Å². The molecule has 1 aromatic carbocycles. The van der Waals surface area contributed by atoms with E-state index in [4.69, 9.17) is 14.2 Å². The summed E-state index contributed by atoms with van der Waals surface area (Å²) >= 11 is 0. The summed E-state index contributed by atoms with van der Waals surface area (Å²) in [6.45, 7) is 3.00. The molecule has 1 aromatic rings. The molecule has 4 heteroatoms. The minimum atomic E-state index is -0.487. The van der Waals surface area contributed by atoms with Crippen molar-refractivity contribution in [2.75, 3.05) is 13.2 Å². The Kier molecular flexibility index (Phi) is 3.35. The van der Waals surface area contributed by atoms with Crippen molar-refractivity contribution < 1.29 is 19.3 Å². The third-order valence-electron chi connectivity index (χ3n) is 3.62. The second-order valence-electron chi connectivity index (χ2n) is 5.02. The van der Waals surface area contributed by atoms with Crippen LogP contribution in [0.3, 0.4) is 0 Å². The Balaban J connectivity index is 1.75. The zero-order valence-corrected chi connectivity index (χ0v) is 10.4. The molecule has 0 aromatic heterocycles. The molecule has 0 spiro atoms. The fourth-order valence-corrected chi connectivity index (χ4v) is 2.47. The molecule has 18 heavy (non-hydrogen) atoms. The lowest BCUT2D eigenvalue weighted by atomic mass is 9.93. The lowest BCUT2D eigenvalue weighted by Gasteiger charge is -2.44. The Morgan fingerprint density at radius 2 is 1.89 bits per heavy atom. The number of aliphatic hydroxyl groups excluding tert-OH is 1. The monoisotopic (exact) mass is 250 g/mol. The van der Waals surface area contributed by atoms with Gasteiger partial charge in [-0.3, -0.25) is 0 Å². The van der Waals surface area contributed by atoms with Crippen LogP contribution in [0.1, 0.15) is 18.8 Å². The minimum Gasteiger partial charge on any atom is -0.390 e. The van der Waals surface area contributed by atoms with Crippen LogP contribution >= 0.6 is 0 Å². The van der Waals surface area contributed by atoms with Gasteiger partial charge in [-0.1, -0.05) is 37.3 Å². The Labute approximate surface area is 106 Å². The van der Waals surface area contributed by atoms with Gasteiger partial charge in [0.15, 0.2) is 6.29 Å². The number of rotatable bonds is 1. The molecule has 2 heterocycles. The first kappa shape index (κ1) is 12.1. The molecule has 0 radical (unpaired) electrons. The van der Waals surface area contributed by atoms with Crippen molar-refractivity contribution in [3.63, 3.8) is 0 Å². The van der Waals surface area contributed by atoms with E-state index in [0.29, 0.717) is 13.2 Å². The fraction of sp³-hybridized carbons (Fsp3) is 0.571. The Hall–Kier alpha value is -0.940. The summed E-state index contributed by atoms with van der Waals surface area (Å²) in [5.41, 5.74) is 0.973. The van der Waals surface area contributed by atoms with Crippen LogP contribution in [0.4, 0.5) is 0 Å². The molecule has 2 aliphatic rings. The Bertz CT molecular complexity index is 392. The Morgan fingerprint density at radius 1 is 1.11 bits per heavy atom. The Morgan fingerprint density at radius 3 is 2.67 bits per heavy atom. The first-order valence-corrected chi connectivity index (χ1v) is 6.37. The van der Waals surface area contributed by atoms with Gasteiger partial charge in [-0.05, 0) is 0 Å². The second-order valence-corrected chi connectivity index (χ2v) is 5.02. The molecule has 2 aliphatic heterocycles. The smallest absolute Gasteiger partial charge is 0.184 e. The van der Waals surface area contributed by atoms with Crippen molar-refractivity contribution >= 4 is 0 Å². The van der Waals surface area contributed by atoms with Crippen LogP contribution in [-0.4, -0.2) is 36.6 Å². The maximum atomic E-state index is 10.2. The van der Waals surface area contributed by atoms with Crippen molar-refractivity contribution in [3.05, 3.63) is 35.9 Å². The van der Waals surface area contributed by atoms with Crippen LogP contribution in [0.2, 0.25) is 0 Å². The number of fused-ring (bicyclic) bond motifs is 1. The van der Waals surface area contributed by atoms with Gasteiger partial charge in [-0.15, -0.1) is 0 Å². The summed E-state index contributed by atoms with van der Waals surface area (Å²) in [4.78, 5) is 0. The third kappa shape index (κ3) is 2.17. The quantitative estimate of drug-likeness (QED) is 0.820. The molecule has 2 saturated heterocycles. The molecule has 3 rings (SSSR count). The van der Waals surface area contributed by atoms with Crippen molar-refractivity contribution in [2.45, 2.75) is 31.5 Å². The molecule has 0 aliphatic carbocycles. The molecule has 2 fully saturated rings. The van der Waals surface area contributed by atoms with Gasteiger partial charge >= 0.3 is 0 Å².